The van der Waals surface area contributed by atoms with Gasteiger partial charge in [0, 0.05) is 29.4 Å². The number of aliphatic hydroxyl groups is 2. The van der Waals surface area contributed by atoms with Gasteiger partial charge in [-0.05, 0) is 0 Å². The lowest BCUT2D eigenvalue weighted by molar-refractivity contribution is -0.0359. The molecule has 0 spiro atoms. The summed E-state index contributed by atoms with van der Waals surface area (Å²) in [5, 5.41) is 20.5. The highest BCUT2D eigenvalue weighted by atomic mass is 31.2. The lowest BCUT2D eigenvalue weighted by Gasteiger charge is -2.28. The number of nitrogens with zero attached hydrogens (tertiary/aromatic N) is 4. The second kappa shape index (κ2) is 9.18. The third-order valence-electron chi connectivity index (χ3n) is 3.50. The van der Waals surface area contributed by atoms with Crippen LogP contribution in [0.3, 0.4) is 0 Å². The summed E-state index contributed by atoms with van der Waals surface area (Å²) in [6, 6.07) is 0. The molecule has 164 valence electrons. The van der Waals surface area contributed by atoms with E-state index in [4.69, 9.17) is 0 Å². The van der Waals surface area contributed by atoms with E-state index < -0.39 is 47.6 Å². The van der Waals surface area contributed by atoms with Gasteiger partial charge in [0.2, 0.25) is 0 Å². The van der Waals surface area contributed by atoms with Crippen LogP contribution in [0.4, 0.5) is 0 Å². The van der Waals surface area contributed by atoms with Crippen LogP contribution in [0.1, 0.15) is 0 Å². The van der Waals surface area contributed by atoms with Gasteiger partial charge >= 0.3 is 23.4 Å². The molecular weight excluding hydrogens is 461 g/mol. The molecule has 0 fully saturated rings. The monoisotopic (exact) mass is 479 g/mol. The number of hydrogen-bond donors (Lipinski definition) is 6. The lowest BCUT2D eigenvalue weighted by atomic mass is 10.6. The molecule has 0 saturated heterocycles. The Morgan fingerprint density at radius 1 is 0.862 bits per heavy atom. The Kier molecular flexibility index (Phi) is 8.12. The molecule has 0 aromatic carbocycles. The molecule has 2 heterocycles. The van der Waals surface area contributed by atoms with Crippen molar-refractivity contribution in [1.29, 1.82) is 0 Å². The zero-order chi connectivity index (χ0) is 21.2. The molecule has 0 aliphatic rings. The van der Waals surface area contributed by atoms with Gasteiger partial charge in [-0.3, -0.25) is 18.3 Å². The third-order valence-corrected chi connectivity index (χ3v) is 6.76. The molecule has 2 rings (SSSR count). The summed E-state index contributed by atoms with van der Waals surface area (Å²) in [7, 11) is -13.8. The summed E-state index contributed by atoms with van der Waals surface area (Å²) >= 11 is 0. The van der Waals surface area contributed by atoms with Crippen molar-refractivity contribution in [1.82, 2.24) is 19.1 Å². The van der Waals surface area contributed by atoms with E-state index in [2.05, 4.69) is 19.0 Å². The van der Waals surface area contributed by atoms with Crippen LogP contribution in [0.5, 0.6) is 0 Å². The van der Waals surface area contributed by atoms with Gasteiger partial charge < -0.3 is 35.3 Å². The third kappa shape index (κ3) is 5.41. The summed E-state index contributed by atoms with van der Waals surface area (Å²) in [6.07, 6.45) is 6.01. The number of imidazole rings is 2. The zero-order valence-corrected chi connectivity index (χ0v) is 16.9. The molecule has 29 heavy (non-hydrogen) atoms. The SMILES string of the molecule is O.O=[P+](OCC(O)(n1ccnc1)P(=O)(O)O)OCC(O)(n1ccnc1)P(=O)(O)O. The Morgan fingerprint density at radius 2 is 1.21 bits per heavy atom. The Hall–Kier alpha value is -1.38. The first kappa shape index (κ1) is 25.7. The average Bonchev–Trinajstić information content (AvgIpc) is 3.28. The lowest BCUT2D eigenvalue weighted by Crippen LogP contribution is -2.38. The topological polar surface area (TPSA) is 258 Å². The molecular formula is C10H18N4O12P3+. The van der Waals surface area contributed by atoms with Gasteiger partial charge in [-0.25, -0.2) is 9.97 Å². The van der Waals surface area contributed by atoms with Gasteiger partial charge in [0.15, 0.2) is 13.2 Å². The molecule has 0 aliphatic carbocycles. The van der Waals surface area contributed by atoms with Crippen LogP contribution in [-0.2, 0) is 33.7 Å². The fourth-order valence-electron chi connectivity index (χ4n) is 1.88. The van der Waals surface area contributed by atoms with Crippen LogP contribution in [0, 0.1) is 0 Å². The maximum atomic E-state index is 11.9. The largest absolute Gasteiger partial charge is 0.697 e. The van der Waals surface area contributed by atoms with Crippen LogP contribution in [-0.4, -0.2) is 67.6 Å². The molecule has 16 nitrogen and oxygen atoms in total. The van der Waals surface area contributed by atoms with Crippen molar-refractivity contribution in [2.24, 2.45) is 0 Å². The standard InChI is InChI=1S/C10H15N4O11P3.H2O/c15-9(27(18,19)20,13-3-1-11-7-13)5-24-26(17)25-6-10(16,28(21,22)23)14-4-2-12-8-14;/h1-4,7-8,15-16H,5-6H2,(H3-,18,19,20,21,22,23);1H2/p+1. The van der Waals surface area contributed by atoms with Crippen LogP contribution < -0.4 is 0 Å². The van der Waals surface area contributed by atoms with Crippen LogP contribution in [0.25, 0.3) is 0 Å². The highest BCUT2D eigenvalue weighted by Crippen LogP contribution is 2.55. The van der Waals surface area contributed by atoms with Crippen LogP contribution in [0.2, 0.25) is 0 Å². The molecule has 0 radical (unpaired) electrons. The highest BCUT2D eigenvalue weighted by Gasteiger charge is 2.52. The smallest absolute Gasteiger partial charge is 0.412 e. The molecule has 2 aromatic heterocycles. The van der Waals surface area contributed by atoms with E-state index in [0.29, 0.717) is 9.13 Å². The van der Waals surface area contributed by atoms with Gasteiger partial charge in [-0.2, -0.15) is 0 Å². The predicted octanol–water partition coefficient (Wildman–Crippen LogP) is -1.79. The maximum Gasteiger partial charge on any atom is 0.697 e. The van der Waals surface area contributed by atoms with Crippen molar-refractivity contribution in [3.05, 3.63) is 37.4 Å². The average molecular weight is 479 g/mol. The Balaban J connectivity index is 0.00000420. The number of rotatable bonds is 10. The zero-order valence-electron chi connectivity index (χ0n) is 14.2. The molecule has 8 N–H and O–H groups in total. The van der Waals surface area contributed by atoms with Crippen molar-refractivity contribution in [2.45, 2.75) is 10.9 Å². The van der Waals surface area contributed by atoms with Gasteiger partial charge in [0.1, 0.15) is 0 Å². The summed E-state index contributed by atoms with van der Waals surface area (Å²) in [5.41, 5.74) is -5.94. The minimum atomic E-state index is -5.27. The number of aromatic nitrogens is 4. The van der Waals surface area contributed by atoms with E-state index in [-0.39, 0.29) is 5.48 Å². The summed E-state index contributed by atoms with van der Waals surface area (Å²) in [5.74, 6) is 0. The molecule has 2 unspecified atom stereocenters. The van der Waals surface area contributed by atoms with Crippen molar-refractivity contribution < 1.29 is 58.0 Å². The van der Waals surface area contributed by atoms with Crippen molar-refractivity contribution in [3.8, 4) is 0 Å². The second-order valence-electron chi connectivity index (χ2n) is 5.35. The van der Waals surface area contributed by atoms with E-state index in [1.165, 1.54) is 0 Å². The fraction of sp³-hybridized carbons (Fsp3) is 0.400. The molecule has 2 aromatic rings. The van der Waals surface area contributed by atoms with Crippen LogP contribution >= 0.6 is 23.4 Å². The Bertz CT molecular complexity index is 823. The minimum Gasteiger partial charge on any atom is -0.412 e. The summed E-state index contributed by atoms with van der Waals surface area (Å²) in [6.45, 7) is -2.47. The molecule has 0 bridgehead atoms. The van der Waals surface area contributed by atoms with Gasteiger partial charge in [0.25, 0.3) is 10.9 Å². The molecule has 0 aliphatic heterocycles. The van der Waals surface area contributed by atoms with Gasteiger partial charge in [-0.1, -0.05) is 0 Å². The van der Waals surface area contributed by atoms with E-state index in [0.717, 1.165) is 37.4 Å². The predicted molar refractivity (Wildman–Crippen MR) is 92.1 cm³/mol. The molecule has 0 saturated carbocycles. The first-order valence-corrected chi connectivity index (χ1v) is 11.4. The Labute approximate surface area is 163 Å². The van der Waals surface area contributed by atoms with Crippen molar-refractivity contribution >= 4 is 23.4 Å². The number of hydrogen-bond acceptors (Lipinski definition) is 9. The van der Waals surface area contributed by atoms with E-state index >= 15 is 0 Å². The second-order valence-corrected chi connectivity index (χ2v) is 9.92. The summed E-state index contributed by atoms with van der Waals surface area (Å²) in [4.78, 5) is 44.5. The van der Waals surface area contributed by atoms with Gasteiger partial charge in [-0.15, -0.1) is 9.05 Å². The van der Waals surface area contributed by atoms with Crippen LogP contribution in [0.15, 0.2) is 37.4 Å². The van der Waals surface area contributed by atoms with E-state index in [9.17, 15) is 43.5 Å². The summed E-state index contributed by atoms with van der Waals surface area (Å²) < 4.78 is 45.5. The minimum absolute atomic E-state index is 0. The first-order valence-electron chi connectivity index (χ1n) is 7.07. The quantitative estimate of drug-likeness (QED) is 0.206. The van der Waals surface area contributed by atoms with Crippen molar-refractivity contribution in [2.75, 3.05) is 13.2 Å². The first-order chi connectivity index (χ1) is 12.8. The molecule has 0 amide bonds. The highest BCUT2D eigenvalue weighted by molar-refractivity contribution is 7.52. The molecule has 2 atom stereocenters. The van der Waals surface area contributed by atoms with Gasteiger partial charge in [0.05, 0.1) is 12.7 Å². The normalized spacial score (nSPS) is 17.1. The maximum absolute atomic E-state index is 11.9. The Morgan fingerprint density at radius 3 is 1.45 bits per heavy atom. The molecule has 19 heteroatoms. The fourth-order valence-corrected chi connectivity index (χ4v) is 4.03. The van der Waals surface area contributed by atoms with Crippen molar-refractivity contribution in [3.63, 3.8) is 0 Å². The van der Waals surface area contributed by atoms with E-state index in [1.807, 2.05) is 0 Å². The van der Waals surface area contributed by atoms with E-state index in [1.54, 1.807) is 0 Å².